The Hall–Kier alpha value is -2.82. The van der Waals surface area contributed by atoms with E-state index < -0.39 is 17.9 Å². The van der Waals surface area contributed by atoms with E-state index in [2.05, 4.69) is 0 Å². The van der Waals surface area contributed by atoms with E-state index in [1.807, 2.05) is 0 Å². The lowest BCUT2D eigenvalue weighted by atomic mass is 10.0. The van der Waals surface area contributed by atoms with Crippen molar-refractivity contribution in [3.63, 3.8) is 0 Å². The fourth-order valence-corrected chi connectivity index (χ4v) is 2.01. The van der Waals surface area contributed by atoms with E-state index in [0.29, 0.717) is 22.6 Å². The van der Waals surface area contributed by atoms with E-state index in [9.17, 15) is 9.59 Å². The second-order valence-corrected chi connectivity index (χ2v) is 4.91. The van der Waals surface area contributed by atoms with Crippen molar-refractivity contribution in [3.8, 4) is 11.5 Å². The highest BCUT2D eigenvalue weighted by atomic mass is 16.5. The van der Waals surface area contributed by atoms with Gasteiger partial charge in [-0.05, 0) is 30.7 Å². The third-order valence-electron chi connectivity index (χ3n) is 3.29. The van der Waals surface area contributed by atoms with Gasteiger partial charge < -0.3 is 14.9 Å². The minimum Gasteiger partial charge on any atom is -0.481 e. The first-order valence-electron chi connectivity index (χ1n) is 6.77. The number of carbonyl (C=O) groups is 2. The predicted octanol–water partition coefficient (Wildman–Crippen LogP) is 3.29. The summed E-state index contributed by atoms with van der Waals surface area (Å²) in [5.41, 5.74) is 1.26. The molecule has 22 heavy (non-hydrogen) atoms. The van der Waals surface area contributed by atoms with Crippen LogP contribution < -0.4 is 4.74 Å². The summed E-state index contributed by atoms with van der Waals surface area (Å²) in [5.74, 6) is -1.40. The lowest BCUT2D eigenvalue weighted by Gasteiger charge is -2.11. The number of ether oxygens (including phenoxy) is 1. The number of benzene rings is 2. The summed E-state index contributed by atoms with van der Waals surface area (Å²) in [4.78, 5) is 21.8. The molecule has 114 valence electrons. The highest BCUT2D eigenvalue weighted by molar-refractivity contribution is 5.75. The van der Waals surface area contributed by atoms with E-state index in [-0.39, 0.29) is 6.42 Å². The summed E-state index contributed by atoms with van der Waals surface area (Å²) in [6, 6.07) is 13.6. The molecule has 0 aromatic heterocycles. The molecule has 0 aliphatic rings. The van der Waals surface area contributed by atoms with Crippen LogP contribution in [0.2, 0.25) is 0 Å². The average Bonchev–Trinajstić information content (AvgIpc) is 2.48. The van der Waals surface area contributed by atoms with Crippen LogP contribution >= 0.6 is 0 Å². The Labute approximate surface area is 127 Å². The zero-order valence-corrected chi connectivity index (χ0v) is 12.0. The molecule has 0 spiro atoms. The van der Waals surface area contributed by atoms with E-state index in [0.717, 1.165) is 0 Å². The van der Waals surface area contributed by atoms with Crippen LogP contribution in [0.3, 0.4) is 0 Å². The zero-order chi connectivity index (χ0) is 16.1. The van der Waals surface area contributed by atoms with Crippen molar-refractivity contribution in [3.05, 3.63) is 59.7 Å². The smallest absolute Gasteiger partial charge is 0.310 e. The second kappa shape index (κ2) is 6.76. The van der Waals surface area contributed by atoms with Crippen LogP contribution in [0, 0.1) is 0 Å². The molecule has 2 aromatic carbocycles. The van der Waals surface area contributed by atoms with Crippen molar-refractivity contribution in [1.29, 1.82) is 0 Å². The van der Waals surface area contributed by atoms with Gasteiger partial charge >= 0.3 is 11.9 Å². The molecule has 5 heteroatoms. The summed E-state index contributed by atoms with van der Waals surface area (Å²) in [7, 11) is 0. The first-order valence-corrected chi connectivity index (χ1v) is 6.77. The van der Waals surface area contributed by atoms with Crippen molar-refractivity contribution < 1.29 is 24.5 Å². The molecular weight excluding hydrogens is 284 g/mol. The monoisotopic (exact) mass is 300 g/mol. The van der Waals surface area contributed by atoms with Crippen molar-refractivity contribution in [2.45, 2.75) is 19.3 Å². The third-order valence-corrected chi connectivity index (χ3v) is 3.29. The minimum absolute atomic E-state index is 0.121. The average molecular weight is 300 g/mol. The molecule has 0 fully saturated rings. The molecule has 2 rings (SSSR count). The molecule has 5 nitrogen and oxygen atoms in total. The lowest BCUT2D eigenvalue weighted by molar-refractivity contribution is -0.138. The van der Waals surface area contributed by atoms with E-state index in [1.54, 1.807) is 55.5 Å². The van der Waals surface area contributed by atoms with Crippen molar-refractivity contribution in [1.82, 2.24) is 0 Å². The fourth-order valence-electron chi connectivity index (χ4n) is 2.01. The van der Waals surface area contributed by atoms with E-state index in [4.69, 9.17) is 14.9 Å². The number of para-hydroxylation sites is 1. The van der Waals surface area contributed by atoms with Crippen LogP contribution in [-0.4, -0.2) is 22.2 Å². The molecule has 0 heterocycles. The van der Waals surface area contributed by atoms with Gasteiger partial charge in [0.1, 0.15) is 11.5 Å². The first-order chi connectivity index (χ1) is 10.5. The Morgan fingerprint density at radius 3 is 2.27 bits per heavy atom. The number of rotatable bonds is 6. The maximum atomic E-state index is 10.9. The van der Waals surface area contributed by atoms with Gasteiger partial charge in [-0.15, -0.1) is 0 Å². The molecular formula is C17H16O5. The third kappa shape index (κ3) is 3.85. The van der Waals surface area contributed by atoms with Gasteiger partial charge in [-0.25, -0.2) is 0 Å². The molecule has 2 aromatic rings. The van der Waals surface area contributed by atoms with Gasteiger partial charge in [0.2, 0.25) is 0 Å². The van der Waals surface area contributed by atoms with E-state index >= 15 is 0 Å². The van der Waals surface area contributed by atoms with Gasteiger partial charge in [-0.1, -0.05) is 30.3 Å². The normalized spacial score (nSPS) is 11.7. The van der Waals surface area contributed by atoms with Crippen LogP contribution in [0.15, 0.2) is 48.5 Å². The molecule has 0 saturated heterocycles. The van der Waals surface area contributed by atoms with Crippen molar-refractivity contribution in [2.75, 3.05) is 0 Å². The molecule has 0 amide bonds. The highest BCUT2D eigenvalue weighted by Gasteiger charge is 2.13. The zero-order valence-electron chi connectivity index (χ0n) is 12.0. The predicted molar refractivity (Wildman–Crippen MR) is 80.3 cm³/mol. The molecule has 0 aliphatic heterocycles. The SMILES string of the molecule is C[C@H](C(=O)O)c1ccc(Oc2ccccc2CC(=O)O)cc1. The molecule has 1 atom stereocenters. The van der Waals surface area contributed by atoms with Gasteiger partial charge in [0, 0.05) is 5.56 Å². The maximum absolute atomic E-state index is 10.9. The molecule has 0 saturated carbocycles. The lowest BCUT2D eigenvalue weighted by Crippen LogP contribution is -2.07. The largest absolute Gasteiger partial charge is 0.481 e. The summed E-state index contributed by atoms with van der Waals surface area (Å²) in [6.07, 6.45) is -0.121. The Morgan fingerprint density at radius 2 is 1.68 bits per heavy atom. The maximum Gasteiger partial charge on any atom is 0.310 e. The highest BCUT2D eigenvalue weighted by Crippen LogP contribution is 2.27. The van der Waals surface area contributed by atoms with Gasteiger partial charge in [0.05, 0.1) is 12.3 Å². The van der Waals surface area contributed by atoms with Crippen LogP contribution in [0.25, 0.3) is 0 Å². The molecule has 0 radical (unpaired) electrons. The van der Waals surface area contributed by atoms with Gasteiger partial charge in [0.25, 0.3) is 0 Å². The Balaban J connectivity index is 2.18. The molecule has 0 bridgehead atoms. The summed E-state index contributed by atoms with van der Waals surface area (Å²) in [5, 5.41) is 17.9. The topological polar surface area (TPSA) is 83.8 Å². The van der Waals surface area contributed by atoms with Crippen LogP contribution in [-0.2, 0) is 16.0 Å². The van der Waals surface area contributed by atoms with Crippen LogP contribution in [0.4, 0.5) is 0 Å². The quantitative estimate of drug-likeness (QED) is 0.855. The van der Waals surface area contributed by atoms with Crippen molar-refractivity contribution in [2.24, 2.45) is 0 Å². The second-order valence-electron chi connectivity index (χ2n) is 4.91. The van der Waals surface area contributed by atoms with Gasteiger partial charge in [0.15, 0.2) is 0 Å². The summed E-state index contributed by atoms with van der Waals surface area (Å²) in [6.45, 7) is 1.61. The minimum atomic E-state index is -0.929. The molecule has 0 unspecified atom stereocenters. The standard InChI is InChI=1S/C17H16O5/c1-11(17(20)21)12-6-8-14(9-7-12)22-15-5-3-2-4-13(15)10-16(18)19/h2-9,11H,10H2,1H3,(H,18,19)(H,20,21)/t11-/m0/s1. The summed E-state index contributed by atoms with van der Waals surface area (Å²) >= 11 is 0. The number of aliphatic carboxylic acids is 2. The molecule has 2 N–H and O–H groups in total. The summed E-state index contributed by atoms with van der Waals surface area (Å²) < 4.78 is 5.69. The Morgan fingerprint density at radius 1 is 1.05 bits per heavy atom. The van der Waals surface area contributed by atoms with Crippen LogP contribution in [0.5, 0.6) is 11.5 Å². The Kier molecular flexibility index (Phi) is 4.78. The number of carboxylic acid groups (broad SMARTS) is 2. The van der Waals surface area contributed by atoms with Gasteiger partial charge in [-0.3, -0.25) is 9.59 Å². The van der Waals surface area contributed by atoms with Crippen molar-refractivity contribution >= 4 is 11.9 Å². The van der Waals surface area contributed by atoms with Crippen LogP contribution in [0.1, 0.15) is 24.0 Å². The van der Waals surface area contributed by atoms with E-state index in [1.165, 1.54) is 0 Å². The first kappa shape index (κ1) is 15.6. The fraction of sp³-hybridized carbons (Fsp3) is 0.176. The molecule has 0 aliphatic carbocycles. The Bertz CT molecular complexity index is 676. The number of carboxylic acids is 2. The number of hydrogen-bond donors (Lipinski definition) is 2. The van der Waals surface area contributed by atoms with Gasteiger partial charge in [-0.2, -0.15) is 0 Å². The number of hydrogen-bond acceptors (Lipinski definition) is 3.